The van der Waals surface area contributed by atoms with Crippen LogP contribution in [0.4, 0.5) is 0 Å². The number of carbonyl (C=O) groups is 1. The van der Waals surface area contributed by atoms with Gasteiger partial charge in [-0.2, -0.15) is 0 Å². The molecular weight excluding hydrogens is 294 g/mol. The first-order chi connectivity index (χ1) is 11.1. The first kappa shape index (κ1) is 16.5. The Morgan fingerprint density at radius 3 is 2.91 bits per heavy atom. The van der Waals surface area contributed by atoms with Crippen LogP contribution in [0.25, 0.3) is 0 Å². The molecule has 6 heteroatoms. The summed E-state index contributed by atoms with van der Waals surface area (Å²) in [5.41, 5.74) is 0.443. The van der Waals surface area contributed by atoms with E-state index in [1.165, 1.54) is 6.42 Å². The third-order valence-corrected chi connectivity index (χ3v) is 5.01. The number of amides is 1. The molecule has 0 aromatic carbocycles. The molecular formula is C17H27N3O3. The molecule has 0 radical (unpaired) electrons. The summed E-state index contributed by atoms with van der Waals surface area (Å²) in [6, 6.07) is 2.23. The van der Waals surface area contributed by atoms with E-state index in [0.717, 1.165) is 45.0 Å². The van der Waals surface area contributed by atoms with Crippen molar-refractivity contribution in [2.75, 3.05) is 39.9 Å². The molecule has 0 unspecified atom stereocenters. The summed E-state index contributed by atoms with van der Waals surface area (Å²) in [5.74, 6) is 1.57. The number of hydrogen-bond acceptors (Lipinski definition) is 5. The largest absolute Gasteiger partial charge is 0.383 e. The summed E-state index contributed by atoms with van der Waals surface area (Å²) in [6.45, 7) is 8.43. The zero-order chi connectivity index (χ0) is 16.4. The molecule has 0 saturated carbocycles. The smallest absolute Gasteiger partial charge is 0.276 e. The van der Waals surface area contributed by atoms with Crippen LogP contribution in [-0.2, 0) is 4.74 Å². The van der Waals surface area contributed by atoms with Gasteiger partial charge in [-0.05, 0) is 18.8 Å². The van der Waals surface area contributed by atoms with Crippen molar-refractivity contribution in [2.45, 2.75) is 38.6 Å². The summed E-state index contributed by atoms with van der Waals surface area (Å²) in [7, 11) is 1.74. The zero-order valence-electron chi connectivity index (χ0n) is 14.3. The first-order valence-electron chi connectivity index (χ1n) is 8.57. The van der Waals surface area contributed by atoms with E-state index in [2.05, 4.69) is 10.1 Å². The second-order valence-corrected chi connectivity index (χ2v) is 7.06. The van der Waals surface area contributed by atoms with Crippen LogP contribution < -0.4 is 0 Å². The van der Waals surface area contributed by atoms with Gasteiger partial charge >= 0.3 is 0 Å². The van der Waals surface area contributed by atoms with Gasteiger partial charge < -0.3 is 14.2 Å². The van der Waals surface area contributed by atoms with Gasteiger partial charge in [0.1, 0.15) is 5.76 Å². The second kappa shape index (κ2) is 7.01. The summed E-state index contributed by atoms with van der Waals surface area (Å²) >= 11 is 0. The van der Waals surface area contributed by atoms with E-state index in [1.807, 2.05) is 18.7 Å². The molecule has 1 aromatic rings. The molecule has 3 aliphatic rings. The number of aromatic nitrogens is 1. The van der Waals surface area contributed by atoms with E-state index < -0.39 is 0 Å². The van der Waals surface area contributed by atoms with E-state index in [4.69, 9.17) is 9.26 Å². The standard InChI is InChI=1S/C17H27N3O3/c1-12(2)16-8-15(18-23-16)17(21)20-10-13-4-5-14(11-20)19(9-13)6-7-22-3/h8,12-14H,4-7,9-11H2,1-3H3/t13-,14-/m1/s1. The van der Waals surface area contributed by atoms with Gasteiger partial charge in [0.05, 0.1) is 6.61 Å². The van der Waals surface area contributed by atoms with E-state index >= 15 is 0 Å². The normalized spacial score (nSPS) is 25.1. The van der Waals surface area contributed by atoms with Gasteiger partial charge in [-0.3, -0.25) is 9.69 Å². The summed E-state index contributed by atoms with van der Waals surface area (Å²) in [4.78, 5) is 17.2. The van der Waals surface area contributed by atoms with Crippen molar-refractivity contribution in [2.24, 2.45) is 5.92 Å². The van der Waals surface area contributed by atoms with Crippen LogP contribution in [-0.4, -0.2) is 66.8 Å². The van der Waals surface area contributed by atoms with E-state index in [0.29, 0.717) is 17.7 Å². The Morgan fingerprint density at radius 2 is 2.22 bits per heavy atom. The molecule has 0 N–H and O–H groups in total. The fraction of sp³-hybridized carbons (Fsp3) is 0.765. The minimum atomic E-state index is 0.00569. The number of rotatable bonds is 5. The minimum Gasteiger partial charge on any atom is -0.383 e. The van der Waals surface area contributed by atoms with Crippen LogP contribution in [0.1, 0.15) is 48.9 Å². The molecule has 2 bridgehead atoms. The third-order valence-electron chi connectivity index (χ3n) is 5.01. The second-order valence-electron chi connectivity index (χ2n) is 7.06. The van der Waals surface area contributed by atoms with Crippen molar-refractivity contribution in [3.63, 3.8) is 0 Å². The number of fused-ring (bicyclic) bond motifs is 4. The lowest BCUT2D eigenvalue weighted by molar-refractivity contribution is 0.0708. The predicted molar refractivity (Wildman–Crippen MR) is 86.5 cm³/mol. The lowest BCUT2D eigenvalue weighted by atomic mass is 9.95. The molecule has 4 rings (SSSR count). The summed E-state index contributed by atoms with van der Waals surface area (Å²) < 4.78 is 10.5. The van der Waals surface area contributed by atoms with Gasteiger partial charge in [-0.1, -0.05) is 19.0 Å². The molecule has 3 saturated heterocycles. The Labute approximate surface area is 137 Å². The maximum atomic E-state index is 12.8. The van der Waals surface area contributed by atoms with Crippen LogP contribution >= 0.6 is 0 Å². The van der Waals surface area contributed by atoms with Crippen molar-refractivity contribution in [3.05, 3.63) is 17.5 Å². The summed E-state index contributed by atoms with van der Waals surface area (Å²) in [5, 5.41) is 3.98. The van der Waals surface area contributed by atoms with Gasteiger partial charge in [0.15, 0.2) is 5.69 Å². The number of piperidine rings is 1. The Bertz CT molecular complexity index is 543. The molecule has 128 valence electrons. The molecule has 1 aromatic heterocycles. The fourth-order valence-corrected chi connectivity index (χ4v) is 3.65. The SMILES string of the molecule is COCCN1C[C@H]2CC[C@@H]1CN(C(=O)c1cc(C(C)C)on1)C2. The number of methoxy groups -OCH3 is 1. The van der Waals surface area contributed by atoms with E-state index in [1.54, 1.807) is 13.2 Å². The quantitative estimate of drug-likeness (QED) is 0.830. The van der Waals surface area contributed by atoms with Crippen molar-refractivity contribution in [3.8, 4) is 0 Å². The molecule has 23 heavy (non-hydrogen) atoms. The monoisotopic (exact) mass is 321 g/mol. The Morgan fingerprint density at radius 1 is 1.39 bits per heavy atom. The van der Waals surface area contributed by atoms with Crippen molar-refractivity contribution in [1.82, 2.24) is 15.0 Å². The molecule has 3 fully saturated rings. The Hall–Kier alpha value is -1.40. The highest BCUT2D eigenvalue weighted by atomic mass is 16.5. The van der Waals surface area contributed by atoms with Crippen molar-refractivity contribution < 1.29 is 14.1 Å². The highest BCUT2D eigenvalue weighted by Gasteiger charge is 2.37. The van der Waals surface area contributed by atoms with Crippen LogP contribution in [0.5, 0.6) is 0 Å². The fourth-order valence-electron chi connectivity index (χ4n) is 3.65. The molecule has 0 aliphatic carbocycles. The first-order valence-corrected chi connectivity index (χ1v) is 8.57. The Kier molecular flexibility index (Phi) is 5.02. The maximum absolute atomic E-state index is 12.8. The number of hydrogen-bond donors (Lipinski definition) is 0. The highest BCUT2D eigenvalue weighted by Crippen LogP contribution is 2.28. The molecule has 0 spiro atoms. The number of nitrogens with zero attached hydrogens (tertiary/aromatic N) is 3. The highest BCUT2D eigenvalue weighted by molar-refractivity contribution is 5.92. The van der Waals surface area contributed by atoms with E-state index in [-0.39, 0.29) is 11.8 Å². The maximum Gasteiger partial charge on any atom is 0.276 e. The molecule has 3 aliphatic heterocycles. The van der Waals surface area contributed by atoms with Crippen molar-refractivity contribution in [1.29, 1.82) is 0 Å². The van der Waals surface area contributed by atoms with Crippen LogP contribution in [0.15, 0.2) is 10.6 Å². The van der Waals surface area contributed by atoms with Gasteiger partial charge in [-0.15, -0.1) is 0 Å². The third kappa shape index (κ3) is 3.58. The zero-order valence-corrected chi connectivity index (χ0v) is 14.3. The number of carbonyl (C=O) groups excluding carboxylic acids is 1. The summed E-state index contributed by atoms with van der Waals surface area (Å²) in [6.07, 6.45) is 2.36. The Balaban J connectivity index is 1.69. The van der Waals surface area contributed by atoms with Gasteiger partial charge in [0.25, 0.3) is 5.91 Å². The lowest BCUT2D eigenvalue weighted by Gasteiger charge is -2.35. The van der Waals surface area contributed by atoms with E-state index in [9.17, 15) is 4.79 Å². The molecule has 6 nitrogen and oxygen atoms in total. The molecule has 4 heterocycles. The van der Waals surface area contributed by atoms with Crippen LogP contribution in [0.3, 0.4) is 0 Å². The average Bonchev–Trinajstić information content (AvgIpc) is 2.87. The van der Waals surface area contributed by atoms with Gasteiger partial charge in [0, 0.05) is 51.3 Å². The molecule has 1 amide bonds. The predicted octanol–water partition coefficient (Wildman–Crippen LogP) is 1.98. The average molecular weight is 321 g/mol. The minimum absolute atomic E-state index is 0.00569. The van der Waals surface area contributed by atoms with Gasteiger partial charge in [-0.25, -0.2) is 0 Å². The van der Waals surface area contributed by atoms with Crippen LogP contribution in [0.2, 0.25) is 0 Å². The van der Waals surface area contributed by atoms with Crippen LogP contribution in [0, 0.1) is 5.92 Å². The molecule has 2 atom stereocenters. The topological polar surface area (TPSA) is 58.8 Å². The van der Waals surface area contributed by atoms with Gasteiger partial charge in [0.2, 0.25) is 0 Å². The van der Waals surface area contributed by atoms with Crippen molar-refractivity contribution >= 4 is 5.91 Å². The lowest BCUT2D eigenvalue weighted by Crippen LogP contribution is -2.45. The number of ether oxygens (including phenoxy) is 1.